The Bertz CT molecular complexity index is 836. The Balaban J connectivity index is 1.91. The van der Waals surface area contributed by atoms with Gasteiger partial charge >= 0.3 is 12.0 Å². The Morgan fingerprint density at radius 2 is 1.81 bits per heavy atom. The van der Waals surface area contributed by atoms with Crippen molar-refractivity contribution in [2.75, 3.05) is 11.9 Å². The van der Waals surface area contributed by atoms with E-state index in [1.807, 2.05) is 0 Å². The lowest BCUT2D eigenvalue weighted by Crippen LogP contribution is -2.31. The van der Waals surface area contributed by atoms with Gasteiger partial charge in [-0.15, -0.1) is 0 Å². The highest BCUT2D eigenvalue weighted by atomic mass is 19.2. The molecule has 0 aliphatic carbocycles. The van der Waals surface area contributed by atoms with Crippen LogP contribution in [-0.2, 0) is 9.53 Å². The molecule has 0 saturated heterocycles. The Kier molecular flexibility index (Phi) is 7.05. The van der Waals surface area contributed by atoms with E-state index in [4.69, 9.17) is 4.74 Å². The Labute approximate surface area is 156 Å². The summed E-state index contributed by atoms with van der Waals surface area (Å²) in [5.74, 6) is -2.33. The van der Waals surface area contributed by atoms with E-state index >= 15 is 0 Å². The third kappa shape index (κ3) is 6.22. The summed E-state index contributed by atoms with van der Waals surface area (Å²) in [5.41, 5.74) is 1.76. The van der Waals surface area contributed by atoms with E-state index in [1.54, 1.807) is 44.2 Å². The summed E-state index contributed by atoms with van der Waals surface area (Å²) >= 11 is 0. The minimum atomic E-state index is -0.965. The van der Waals surface area contributed by atoms with Gasteiger partial charge in [-0.3, -0.25) is 0 Å². The van der Waals surface area contributed by atoms with Gasteiger partial charge in [0, 0.05) is 11.8 Å². The lowest BCUT2D eigenvalue weighted by atomic mass is 10.1. The monoisotopic (exact) mass is 374 g/mol. The molecule has 1 atom stereocenters. The number of urea groups is 1. The van der Waals surface area contributed by atoms with Crippen LogP contribution >= 0.6 is 0 Å². The van der Waals surface area contributed by atoms with E-state index in [1.165, 1.54) is 12.1 Å². The molecule has 0 aromatic heterocycles. The predicted molar refractivity (Wildman–Crippen MR) is 99.0 cm³/mol. The van der Waals surface area contributed by atoms with Crippen LogP contribution < -0.4 is 10.6 Å². The molecule has 5 nitrogen and oxygen atoms in total. The third-order valence-electron chi connectivity index (χ3n) is 3.66. The minimum Gasteiger partial charge on any atom is -0.463 e. The summed E-state index contributed by atoms with van der Waals surface area (Å²) in [6.07, 6.45) is 2.93. The first-order chi connectivity index (χ1) is 12.9. The highest BCUT2D eigenvalue weighted by molar-refractivity contribution is 5.90. The minimum absolute atomic E-state index is 0.310. The second-order valence-corrected chi connectivity index (χ2v) is 5.70. The van der Waals surface area contributed by atoms with Crippen molar-refractivity contribution in [2.45, 2.75) is 19.9 Å². The second kappa shape index (κ2) is 9.47. The zero-order chi connectivity index (χ0) is 19.8. The van der Waals surface area contributed by atoms with E-state index < -0.39 is 29.7 Å². The number of anilines is 1. The zero-order valence-electron chi connectivity index (χ0n) is 15.0. The van der Waals surface area contributed by atoms with E-state index in [9.17, 15) is 18.4 Å². The fourth-order valence-corrected chi connectivity index (χ4v) is 2.26. The molecule has 7 heteroatoms. The normalized spacial score (nSPS) is 11.9. The van der Waals surface area contributed by atoms with E-state index in [0.29, 0.717) is 17.9 Å². The average Bonchev–Trinajstić information content (AvgIpc) is 2.63. The van der Waals surface area contributed by atoms with Crippen molar-refractivity contribution in [3.05, 3.63) is 71.3 Å². The number of amides is 2. The standard InChI is InChI=1S/C20H20F2N2O3/c1-3-27-19(25)11-6-14-4-8-16(9-5-14)24-20(26)23-13(2)15-7-10-17(21)18(22)12-15/h4-13H,3H2,1-2H3,(H2,23,24,26)/b11-6-/t13-/m1/s1. The fourth-order valence-electron chi connectivity index (χ4n) is 2.26. The van der Waals surface area contributed by atoms with Gasteiger partial charge in [0.2, 0.25) is 0 Å². The molecule has 2 rings (SSSR count). The smallest absolute Gasteiger partial charge is 0.330 e. The molecule has 2 N–H and O–H groups in total. The number of carbonyl (C=O) groups is 2. The quantitative estimate of drug-likeness (QED) is 0.581. The van der Waals surface area contributed by atoms with Crippen LogP contribution in [0.15, 0.2) is 48.5 Å². The molecule has 2 amide bonds. The van der Waals surface area contributed by atoms with Crippen LogP contribution in [-0.4, -0.2) is 18.6 Å². The van der Waals surface area contributed by atoms with Gasteiger partial charge in [-0.2, -0.15) is 0 Å². The first-order valence-corrected chi connectivity index (χ1v) is 8.36. The maximum Gasteiger partial charge on any atom is 0.330 e. The van der Waals surface area contributed by atoms with Crippen LogP contribution in [0.3, 0.4) is 0 Å². The molecule has 0 aliphatic rings. The van der Waals surface area contributed by atoms with E-state index in [0.717, 1.165) is 17.7 Å². The molecule has 0 fully saturated rings. The molecular weight excluding hydrogens is 354 g/mol. The number of hydrogen-bond acceptors (Lipinski definition) is 3. The largest absolute Gasteiger partial charge is 0.463 e. The molecule has 0 radical (unpaired) electrons. The topological polar surface area (TPSA) is 67.4 Å². The summed E-state index contributed by atoms with van der Waals surface area (Å²) < 4.78 is 31.0. The first-order valence-electron chi connectivity index (χ1n) is 8.36. The number of rotatable bonds is 6. The highest BCUT2D eigenvalue weighted by Crippen LogP contribution is 2.16. The summed E-state index contributed by atoms with van der Waals surface area (Å²) in [6, 6.07) is 9.28. The number of nitrogens with one attached hydrogen (secondary N) is 2. The predicted octanol–water partition coefficient (Wildman–Crippen LogP) is 4.42. The molecular formula is C20H20F2N2O3. The van der Waals surface area contributed by atoms with Crippen molar-refractivity contribution in [3.63, 3.8) is 0 Å². The van der Waals surface area contributed by atoms with Gasteiger partial charge in [0.05, 0.1) is 12.6 Å². The fraction of sp³-hybridized carbons (Fsp3) is 0.200. The van der Waals surface area contributed by atoms with Crippen molar-refractivity contribution >= 4 is 23.8 Å². The molecule has 142 valence electrons. The van der Waals surface area contributed by atoms with Crippen molar-refractivity contribution in [3.8, 4) is 0 Å². The lowest BCUT2D eigenvalue weighted by Gasteiger charge is -2.15. The summed E-state index contributed by atoms with van der Waals surface area (Å²) in [7, 11) is 0. The SMILES string of the molecule is CCOC(=O)/C=C\c1ccc(NC(=O)N[C@H](C)c2ccc(F)c(F)c2)cc1. The molecule has 2 aromatic carbocycles. The van der Waals surface area contributed by atoms with Gasteiger partial charge in [-0.25, -0.2) is 18.4 Å². The Morgan fingerprint density at radius 3 is 2.44 bits per heavy atom. The van der Waals surface area contributed by atoms with Gasteiger partial charge in [0.25, 0.3) is 0 Å². The summed E-state index contributed by atoms with van der Waals surface area (Å²) in [5, 5.41) is 5.29. The van der Waals surface area contributed by atoms with Crippen molar-refractivity contribution in [1.82, 2.24) is 5.32 Å². The second-order valence-electron chi connectivity index (χ2n) is 5.70. The van der Waals surface area contributed by atoms with Crippen LogP contribution in [0.25, 0.3) is 6.08 Å². The van der Waals surface area contributed by atoms with E-state index in [-0.39, 0.29) is 0 Å². The Hall–Kier alpha value is -3.22. The van der Waals surface area contributed by atoms with E-state index in [2.05, 4.69) is 10.6 Å². The van der Waals surface area contributed by atoms with Gasteiger partial charge in [0.1, 0.15) is 0 Å². The Morgan fingerprint density at radius 1 is 1.11 bits per heavy atom. The number of benzene rings is 2. The first kappa shape index (κ1) is 20.1. The van der Waals surface area contributed by atoms with Gasteiger partial charge < -0.3 is 15.4 Å². The van der Waals surface area contributed by atoms with Gasteiger partial charge in [0.15, 0.2) is 11.6 Å². The summed E-state index contributed by atoms with van der Waals surface area (Å²) in [6.45, 7) is 3.70. The van der Waals surface area contributed by atoms with Crippen LogP contribution in [0.4, 0.5) is 19.3 Å². The van der Waals surface area contributed by atoms with Crippen LogP contribution in [0.2, 0.25) is 0 Å². The van der Waals surface area contributed by atoms with Crippen LogP contribution in [0, 0.1) is 11.6 Å². The average molecular weight is 374 g/mol. The molecule has 27 heavy (non-hydrogen) atoms. The molecule has 0 unspecified atom stereocenters. The molecule has 2 aromatic rings. The molecule has 0 spiro atoms. The highest BCUT2D eigenvalue weighted by Gasteiger charge is 2.12. The lowest BCUT2D eigenvalue weighted by molar-refractivity contribution is -0.137. The van der Waals surface area contributed by atoms with Gasteiger partial charge in [-0.1, -0.05) is 18.2 Å². The van der Waals surface area contributed by atoms with Crippen LogP contribution in [0.1, 0.15) is 31.0 Å². The van der Waals surface area contributed by atoms with Crippen LogP contribution in [0.5, 0.6) is 0 Å². The number of carbonyl (C=O) groups excluding carboxylic acids is 2. The summed E-state index contributed by atoms with van der Waals surface area (Å²) in [4.78, 5) is 23.3. The van der Waals surface area contributed by atoms with Gasteiger partial charge in [-0.05, 0) is 55.3 Å². The third-order valence-corrected chi connectivity index (χ3v) is 3.66. The maximum absolute atomic E-state index is 13.3. The zero-order valence-corrected chi connectivity index (χ0v) is 15.0. The number of esters is 1. The molecule has 0 heterocycles. The van der Waals surface area contributed by atoms with Crippen molar-refractivity contribution in [2.24, 2.45) is 0 Å². The maximum atomic E-state index is 13.3. The molecule has 0 bridgehead atoms. The van der Waals surface area contributed by atoms with Crippen molar-refractivity contribution < 1.29 is 23.1 Å². The number of ether oxygens (including phenoxy) is 1. The molecule has 0 aliphatic heterocycles. The number of hydrogen-bond donors (Lipinski definition) is 2. The van der Waals surface area contributed by atoms with Crippen molar-refractivity contribution in [1.29, 1.82) is 0 Å². The molecule has 0 saturated carbocycles. The number of halogens is 2.